The number of Topliss-reactive ketones (excluding diaryl/α,β-unsaturated/α-hetero) is 1. The molecule has 2 aromatic rings. The summed E-state index contributed by atoms with van der Waals surface area (Å²) in [7, 11) is 1.55. The lowest BCUT2D eigenvalue weighted by atomic mass is 9.85. The monoisotopic (exact) mass is 451 g/mol. The number of aliphatic hydroxyl groups excluding tert-OH is 1. The molecule has 33 heavy (non-hydrogen) atoms. The van der Waals surface area contributed by atoms with E-state index in [2.05, 4.69) is 20.8 Å². The molecule has 0 bridgehead atoms. The molecule has 1 aliphatic heterocycles. The van der Waals surface area contributed by atoms with E-state index in [0.29, 0.717) is 11.3 Å². The second kappa shape index (κ2) is 9.79. The smallest absolute Gasteiger partial charge is 0.295 e. The summed E-state index contributed by atoms with van der Waals surface area (Å²) in [6, 6.07) is 14.0. The van der Waals surface area contributed by atoms with Gasteiger partial charge < -0.3 is 19.5 Å². The third kappa shape index (κ3) is 5.28. The van der Waals surface area contributed by atoms with Crippen LogP contribution in [0.4, 0.5) is 0 Å². The van der Waals surface area contributed by atoms with Crippen molar-refractivity contribution >= 4 is 17.4 Å². The van der Waals surface area contributed by atoms with Crippen LogP contribution in [0.2, 0.25) is 0 Å². The van der Waals surface area contributed by atoms with Gasteiger partial charge in [0.2, 0.25) is 0 Å². The van der Waals surface area contributed by atoms with Crippen LogP contribution in [0.5, 0.6) is 5.75 Å². The summed E-state index contributed by atoms with van der Waals surface area (Å²) in [6.45, 7) is 10.8. The van der Waals surface area contributed by atoms with Crippen molar-refractivity contribution in [1.29, 1.82) is 0 Å². The first-order valence-corrected chi connectivity index (χ1v) is 11.2. The molecule has 0 aliphatic carbocycles. The summed E-state index contributed by atoms with van der Waals surface area (Å²) < 4.78 is 10.8. The number of likely N-dealkylation sites (tertiary alicyclic amines) is 1. The zero-order chi connectivity index (χ0) is 24.3. The number of hydrogen-bond acceptors (Lipinski definition) is 5. The molecule has 6 nitrogen and oxygen atoms in total. The lowest BCUT2D eigenvalue weighted by molar-refractivity contribution is -0.140. The lowest BCUT2D eigenvalue weighted by Gasteiger charge is -2.26. The van der Waals surface area contributed by atoms with Crippen molar-refractivity contribution in [3.63, 3.8) is 0 Å². The molecule has 1 heterocycles. The maximum Gasteiger partial charge on any atom is 0.295 e. The summed E-state index contributed by atoms with van der Waals surface area (Å²) in [5, 5.41) is 11.1. The highest BCUT2D eigenvalue weighted by Crippen LogP contribution is 2.40. The van der Waals surface area contributed by atoms with E-state index in [1.54, 1.807) is 31.4 Å². The molecule has 2 aromatic carbocycles. The molecule has 1 amide bonds. The number of nitrogens with zero attached hydrogens (tertiary/aromatic N) is 1. The van der Waals surface area contributed by atoms with Gasteiger partial charge in [-0.3, -0.25) is 9.59 Å². The SMILES string of the molecule is COCCN1C(=O)C(=O)/C(=C(\O)c2ccc(OC(C)C)cc2)C1c1ccc(C(C)(C)C)cc1. The van der Waals surface area contributed by atoms with Gasteiger partial charge in [0.1, 0.15) is 11.5 Å². The number of hydrogen-bond donors (Lipinski definition) is 1. The lowest BCUT2D eigenvalue weighted by Crippen LogP contribution is -2.32. The quantitative estimate of drug-likeness (QED) is 0.370. The number of rotatable bonds is 7. The molecular weight excluding hydrogens is 418 g/mol. The number of amides is 1. The average Bonchev–Trinajstić information content (AvgIpc) is 3.01. The molecule has 0 aromatic heterocycles. The van der Waals surface area contributed by atoms with Gasteiger partial charge in [-0.1, -0.05) is 45.0 Å². The van der Waals surface area contributed by atoms with Gasteiger partial charge in [0.15, 0.2) is 0 Å². The maximum absolute atomic E-state index is 13.0. The molecule has 1 N–H and O–H groups in total. The molecule has 1 unspecified atom stereocenters. The molecule has 1 aliphatic rings. The molecular formula is C27H33NO5. The van der Waals surface area contributed by atoms with E-state index in [0.717, 1.165) is 11.1 Å². The second-order valence-electron chi connectivity index (χ2n) is 9.55. The number of ketones is 1. The second-order valence-corrected chi connectivity index (χ2v) is 9.55. The van der Waals surface area contributed by atoms with Gasteiger partial charge in [0.25, 0.3) is 11.7 Å². The van der Waals surface area contributed by atoms with Gasteiger partial charge in [0, 0.05) is 19.2 Å². The topological polar surface area (TPSA) is 76.1 Å². The molecule has 6 heteroatoms. The van der Waals surface area contributed by atoms with Crippen molar-refractivity contribution in [2.24, 2.45) is 0 Å². The summed E-state index contributed by atoms with van der Waals surface area (Å²) in [5.41, 5.74) is 2.40. The molecule has 3 rings (SSSR count). The van der Waals surface area contributed by atoms with Crippen LogP contribution < -0.4 is 4.74 Å². The van der Waals surface area contributed by atoms with E-state index in [9.17, 15) is 14.7 Å². The van der Waals surface area contributed by atoms with Crippen molar-refractivity contribution < 1.29 is 24.2 Å². The first kappa shape index (κ1) is 24.5. The Morgan fingerprint density at radius 2 is 1.64 bits per heavy atom. The molecule has 1 saturated heterocycles. The summed E-state index contributed by atoms with van der Waals surface area (Å²) in [4.78, 5) is 27.4. The highest BCUT2D eigenvalue weighted by molar-refractivity contribution is 6.46. The maximum atomic E-state index is 13.0. The predicted molar refractivity (Wildman–Crippen MR) is 128 cm³/mol. The Balaban J connectivity index is 2.08. The van der Waals surface area contributed by atoms with E-state index in [4.69, 9.17) is 9.47 Å². The standard InChI is InChI=1S/C27H33NO5/c1-17(2)33-21-13-9-19(10-14-21)24(29)22-23(28(15-16-32-6)26(31)25(22)30)18-7-11-20(12-8-18)27(3,4)5/h7-14,17,23,29H,15-16H2,1-6H3/b24-22-. The average molecular weight is 452 g/mol. The fourth-order valence-electron chi connectivity index (χ4n) is 3.93. The Morgan fingerprint density at radius 1 is 1.03 bits per heavy atom. The van der Waals surface area contributed by atoms with Crippen LogP contribution in [0.25, 0.3) is 5.76 Å². The normalized spacial score (nSPS) is 18.3. The first-order valence-electron chi connectivity index (χ1n) is 11.2. The van der Waals surface area contributed by atoms with E-state index >= 15 is 0 Å². The summed E-state index contributed by atoms with van der Waals surface area (Å²) >= 11 is 0. The van der Waals surface area contributed by atoms with Crippen LogP contribution in [0.1, 0.15) is 57.4 Å². The molecule has 0 radical (unpaired) electrons. The Bertz CT molecular complexity index is 1030. The number of carbonyl (C=O) groups is 2. The van der Waals surface area contributed by atoms with Gasteiger partial charge in [0.05, 0.1) is 24.3 Å². The summed E-state index contributed by atoms with van der Waals surface area (Å²) in [6.07, 6.45) is 0.0200. The largest absolute Gasteiger partial charge is 0.507 e. The van der Waals surface area contributed by atoms with Crippen molar-refractivity contribution in [2.45, 2.75) is 52.2 Å². The number of benzene rings is 2. The summed E-state index contributed by atoms with van der Waals surface area (Å²) in [5.74, 6) is -0.875. The van der Waals surface area contributed by atoms with Gasteiger partial charge >= 0.3 is 0 Å². The van der Waals surface area contributed by atoms with Gasteiger partial charge in [-0.25, -0.2) is 0 Å². The first-order chi connectivity index (χ1) is 15.5. The van der Waals surface area contributed by atoms with Gasteiger partial charge in [-0.05, 0) is 54.7 Å². The Kier molecular flexibility index (Phi) is 7.28. The van der Waals surface area contributed by atoms with Crippen LogP contribution in [0, 0.1) is 0 Å². The minimum absolute atomic E-state index is 0.0200. The van der Waals surface area contributed by atoms with E-state index in [1.807, 2.05) is 38.1 Å². The van der Waals surface area contributed by atoms with Crippen LogP contribution in [0.3, 0.4) is 0 Å². The van der Waals surface area contributed by atoms with Crippen LogP contribution in [-0.4, -0.2) is 48.1 Å². The molecule has 0 spiro atoms. The van der Waals surface area contributed by atoms with Gasteiger partial charge in [-0.15, -0.1) is 0 Å². The molecule has 1 fully saturated rings. The molecule has 1 atom stereocenters. The third-order valence-electron chi connectivity index (χ3n) is 5.67. The highest BCUT2D eigenvalue weighted by Gasteiger charge is 2.45. The van der Waals surface area contributed by atoms with Crippen molar-refractivity contribution in [1.82, 2.24) is 4.90 Å². The Hall–Kier alpha value is -3.12. The number of ether oxygens (including phenoxy) is 2. The van der Waals surface area contributed by atoms with Gasteiger partial charge in [-0.2, -0.15) is 0 Å². The van der Waals surface area contributed by atoms with E-state index < -0.39 is 17.7 Å². The number of carbonyl (C=O) groups excluding carboxylic acids is 2. The fourth-order valence-corrected chi connectivity index (χ4v) is 3.93. The Labute approximate surface area is 195 Å². The van der Waals surface area contributed by atoms with Crippen molar-refractivity contribution in [3.05, 3.63) is 70.8 Å². The van der Waals surface area contributed by atoms with E-state index in [-0.39, 0.29) is 36.0 Å². The Morgan fingerprint density at radius 3 is 2.15 bits per heavy atom. The zero-order valence-electron chi connectivity index (χ0n) is 20.2. The van der Waals surface area contributed by atoms with Crippen LogP contribution >= 0.6 is 0 Å². The van der Waals surface area contributed by atoms with Crippen LogP contribution in [0.15, 0.2) is 54.1 Å². The van der Waals surface area contributed by atoms with Crippen LogP contribution in [-0.2, 0) is 19.7 Å². The van der Waals surface area contributed by atoms with E-state index in [1.165, 1.54) is 4.90 Å². The predicted octanol–water partition coefficient (Wildman–Crippen LogP) is 4.84. The molecule has 0 saturated carbocycles. The third-order valence-corrected chi connectivity index (χ3v) is 5.67. The molecule has 176 valence electrons. The number of aliphatic hydroxyl groups is 1. The highest BCUT2D eigenvalue weighted by atomic mass is 16.5. The van der Waals surface area contributed by atoms with Crippen molar-refractivity contribution in [3.8, 4) is 5.75 Å². The fraction of sp³-hybridized carbons (Fsp3) is 0.407. The zero-order valence-corrected chi connectivity index (χ0v) is 20.2. The minimum Gasteiger partial charge on any atom is -0.507 e. The number of methoxy groups -OCH3 is 1. The minimum atomic E-state index is -0.698. The van der Waals surface area contributed by atoms with Crippen molar-refractivity contribution in [2.75, 3.05) is 20.3 Å².